The first-order chi connectivity index (χ1) is 5.25. The average Bonchev–Trinajstić information content (AvgIpc) is 1.97. The molecule has 0 aliphatic heterocycles. The lowest BCUT2D eigenvalue weighted by Gasteiger charge is -2.00. The van der Waals surface area contributed by atoms with Crippen LogP contribution in [0.1, 0.15) is 5.56 Å². The monoisotopic (exact) mass is 148 g/mol. The fourth-order valence-corrected chi connectivity index (χ4v) is 0.863. The van der Waals surface area contributed by atoms with Crippen molar-refractivity contribution >= 4 is 11.4 Å². The Morgan fingerprint density at radius 1 is 1.55 bits per heavy atom. The van der Waals surface area contributed by atoms with Crippen molar-refractivity contribution < 1.29 is 0 Å². The van der Waals surface area contributed by atoms with E-state index in [1.807, 2.05) is 19.1 Å². The van der Waals surface area contributed by atoms with Crippen molar-refractivity contribution in [3.63, 3.8) is 0 Å². The molecule has 0 saturated heterocycles. The zero-order chi connectivity index (χ0) is 8.27. The number of hydrogen-bond acceptors (Lipinski definition) is 2. The Kier molecular flexibility index (Phi) is 1.99. The molecule has 0 heterocycles. The van der Waals surface area contributed by atoms with Gasteiger partial charge in [-0.2, -0.15) is 0 Å². The van der Waals surface area contributed by atoms with Gasteiger partial charge in [0.15, 0.2) is 0 Å². The van der Waals surface area contributed by atoms with Crippen molar-refractivity contribution in [2.24, 2.45) is 5.11 Å². The van der Waals surface area contributed by atoms with E-state index in [0.29, 0.717) is 11.4 Å². The van der Waals surface area contributed by atoms with E-state index < -0.39 is 0 Å². The van der Waals surface area contributed by atoms with Crippen LogP contribution in [0.3, 0.4) is 0 Å². The summed E-state index contributed by atoms with van der Waals surface area (Å²) >= 11 is 0. The summed E-state index contributed by atoms with van der Waals surface area (Å²) in [6.07, 6.45) is 0. The highest BCUT2D eigenvalue weighted by Crippen LogP contribution is 2.25. The van der Waals surface area contributed by atoms with E-state index in [1.54, 1.807) is 6.07 Å². The summed E-state index contributed by atoms with van der Waals surface area (Å²) in [5.41, 5.74) is 15.6. The summed E-state index contributed by atoms with van der Waals surface area (Å²) in [4.78, 5) is 2.67. The maximum absolute atomic E-state index is 8.17. The second kappa shape index (κ2) is 2.94. The van der Waals surface area contributed by atoms with Crippen molar-refractivity contribution in [1.82, 2.24) is 0 Å². The van der Waals surface area contributed by atoms with Crippen LogP contribution >= 0.6 is 0 Å². The number of benzene rings is 1. The van der Waals surface area contributed by atoms with Gasteiger partial charge in [-0.25, -0.2) is 0 Å². The average molecular weight is 148 g/mol. The van der Waals surface area contributed by atoms with Crippen LogP contribution in [0, 0.1) is 6.92 Å². The molecule has 0 radical (unpaired) electrons. The minimum atomic E-state index is 0.516. The fourth-order valence-electron chi connectivity index (χ4n) is 0.863. The van der Waals surface area contributed by atoms with E-state index in [2.05, 4.69) is 10.0 Å². The molecule has 0 amide bonds. The lowest BCUT2D eigenvalue weighted by Crippen LogP contribution is -1.85. The van der Waals surface area contributed by atoms with Gasteiger partial charge in [0.2, 0.25) is 0 Å². The molecular formula is C7H8N4. The molecule has 4 heteroatoms. The Balaban J connectivity index is 3.31. The smallest absolute Gasteiger partial charge is 0.0634 e. The maximum Gasteiger partial charge on any atom is 0.0634 e. The second-order valence-electron chi connectivity index (χ2n) is 2.20. The highest BCUT2D eigenvalue weighted by Gasteiger charge is 1.97. The van der Waals surface area contributed by atoms with E-state index in [0.717, 1.165) is 5.56 Å². The molecule has 1 aromatic carbocycles. The van der Waals surface area contributed by atoms with Crippen molar-refractivity contribution in [3.05, 3.63) is 34.2 Å². The molecule has 0 atom stereocenters. The molecule has 4 nitrogen and oxygen atoms in total. The first-order valence-electron chi connectivity index (χ1n) is 3.16. The van der Waals surface area contributed by atoms with Crippen LogP contribution in [0.15, 0.2) is 23.3 Å². The number of nitrogens with zero attached hydrogens (tertiary/aromatic N) is 3. The Morgan fingerprint density at radius 3 is 2.82 bits per heavy atom. The van der Waals surface area contributed by atoms with Crippen molar-refractivity contribution in [1.29, 1.82) is 0 Å². The van der Waals surface area contributed by atoms with Gasteiger partial charge in [0, 0.05) is 10.6 Å². The summed E-state index contributed by atoms with van der Waals surface area (Å²) in [7, 11) is 0. The summed E-state index contributed by atoms with van der Waals surface area (Å²) < 4.78 is 0. The van der Waals surface area contributed by atoms with Crippen LogP contribution in [0.2, 0.25) is 0 Å². The van der Waals surface area contributed by atoms with Crippen LogP contribution in [0.5, 0.6) is 0 Å². The SMILES string of the molecule is Cc1cccc(N)c1N=[N+]=[N-]. The first-order valence-corrected chi connectivity index (χ1v) is 3.16. The van der Waals surface area contributed by atoms with Crippen LogP contribution in [0.25, 0.3) is 10.4 Å². The lowest BCUT2D eigenvalue weighted by atomic mass is 10.2. The maximum atomic E-state index is 8.17. The van der Waals surface area contributed by atoms with Gasteiger partial charge in [-0.1, -0.05) is 17.2 Å². The van der Waals surface area contributed by atoms with Gasteiger partial charge < -0.3 is 5.73 Å². The zero-order valence-corrected chi connectivity index (χ0v) is 6.15. The molecule has 11 heavy (non-hydrogen) atoms. The van der Waals surface area contributed by atoms with E-state index >= 15 is 0 Å². The molecule has 56 valence electrons. The Labute approximate surface area is 64.3 Å². The molecule has 1 aromatic rings. The number of rotatable bonds is 1. The van der Waals surface area contributed by atoms with E-state index in [-0.39, 0.29) is 0 Å². The topological polar surface area (TPSA) is 74.8 Å². The van der Waals surface area contributed by atoms with Gasteiger partial charge in [-0.3, -0.25) is 0 Å². The largest absolute Gasteiger partial charge is 0.398 e. The summed E-state index contributed by atoms with van der Waals surface area (Å²) in [6, 6.07) is 5.37. The molecule has 0 bridgehead atoms. The van der Waals surface area contributed by atoms with Crippen LogP contribution in [0.4, 0.5) is 11.4 Å². The van der Waals surface area contributed by atoms with Gasteiger partial charge in [0.05, 0.1) is 5.69 Å². The number of aryl methyl sites for hydroxylation is 1. The zero-order valence-electron chi connectivity index (χ0n) is 6.15. The number of hydrogen-bond donors (Lipinski definition) is 1. The Morgan fingerprint density at radius 2 is 2.27 bits per heavy atom. The van der Waals surface area contributed by atoms with Gasteiger partial charge >= 0.3 is 0 Å². The standard InChI is InChI=1S/C7H8N4/c1-5-3-2-4-6(8)7(5)10-11-9/h2-4H,8H2,1H3. The molecule has 0 fully saturated rings. The molecule has 1 rings (SSSR count). The van der Waals surface area contributed by atoms with Gasteiger partial charge in [0.1, 0.15) is 0 Å². The number of anilines is 1. The van der Waals surface area contributed by atoms with Gasteiger partial charge in [0.25, 0.3) is 0 Å². The van der Waals surface area contributed by atoms with E-state index in [9.17, 15) is 0 Å². The first kappa shape index (κ1) is 7.44. The third-order valence-corrected chi connectivity index (χ3v) is 1.41. The Bertz CT molecular complexity index is 292. The summed E-state index contributed by atoms with van der Waals surface area (Å²) in [6.45, 7) is 1.85. The van der Waals surface area contributed by atoms with Crippen molar-refractivity contribution in [2.75, 3.05) is 5.73 Å². The van der Waals surface area contributed by atoms with Crippen LogP contribution in [-0.4, -0.2) is 0 Å². The molecular weight excluding hydrogens is 140 g/mol. The Hall–Kier alpha value is -1.67. The number of azide groups is 1. The van der Waals surface area contributed by atoms with Crippen molar-refractivity contribution in [3.8, 4) is 0 Å². The van der Waals surface area contributed by atoms with E-state index in [4.69, 9.17) is 11.3 Å². The summed E-state index contributed by atoms with van der Waals surface area (Å²) in [5, 5.41) is 3.46. The normalized spacial score (nSPS) is 8.82. The third-order valence-electron chi connectivity index (χ3n) is 1.41. The molecule has 2 N–H and O–H groups in total. The van der Waals surface area contributed by atoms with Crippen molar-refractivity contribution in [2.45, 2.75) is 6.92 Å². The highest BCUT2D eigenvalue weighted by molar-refractivity contribution is 5.65. The minimum absolute atomic E-state index is 0.516. The molecule has 0 unspecified atom stereocenters. The minimum Gasteiger partial charge on any atom is -0.398 e. The van der Waals surface area contributed by atoms with Gasteiger partial charge in [-0.15, -0.1) is 0 Å². The van der Waals surface area contributed by atoms with Gasteiger partial charge in [-0.05, 0) is 24.1 Å². The molecule has 0 spiro atoms. The fraction of sp³-hybridized carbons (Fsp3) is 0.143. The van der Waals surface area contributed by atoms with Crippen LogP contribution in [-0.2, 0) is 0 Å². The highest BCUT2D eigenvalue weighted by atomic mass is 15.1. The molecule has 0 aliphatic rings. The second-order valence-corrected chi connectivity index (χ2v) is 2.20. The van der Waals surface area contributed by atoms with E-state index in [1.165, 1.54) is 0 Å². The molecule has 0 aliphatic carbocycles. The number of nitrogen functional groups attached to an aromatic ring is 1. The predicted molar refractivity (Wildman–Crippen MR) is 44.4 cm³/mol. The third kappa shape index (κ3) is 1.42. The number of nitrogens with two attached hydrogens (primary N) is 1. The molecule has 0 saturated carbocycles. The predicted octanol–water partition coefficient (Wildman–Crippen LogP) is 2.52. The quantitative estimate of drug-likeness (QED) is 0.282. The lowest BCUT2D eigenvalue weighted by molar-refractivity contribution is 1.38. The summed E-state index contributed by atoms with van der Waals surface area (Å²) in [5.74, 6) is 0. The molecule has 0 aromatic heterocycles. The van der Waals surface area contributed by atoms with Crippen LogP contribution < -0.4 is 5.73 Å².